The Morgan fingerprint density at radius 3 is 2.19 bits per heavy atom. The van der Waals surface area contributed by atoms with Crippen molar-refractivity contribution in [3.05, 3.63) is 41.5 Å². The van der Waals surface area contributed by atoms with E-state index in [9.17, 15) is 14.4 Å². The first-order valence-electron chi connectivity index (χ1n) is 9.71. The van der Waals surface area contributed by atoms with Gasteiger partial charge in [-0.3, -0.25) is 19.8 Å². The monoisotopic (exact) mass is 443 g/mol. The highest BCUT2D eigenvalue weighted by Crippen LogP contribution is 2.38. The minimum absolute atomic E-state index is 0.106. The molecule has 3 rings (SSSR count). The molecule has 0 bridgehead atoms. The maximum Gasteiger partial charge on any atom is 0.265 e. The number of carbonyl (C=O) groups is 3. The molecule has 1 heterocycles. The van der Waals surface area contributed by atoms with Crippen LogP contribution in [-0.2, 0) is 9.59 Å². The van der Waals surface area contributed by atoms with Gasteiger partial charge in [0.15, 0.2) is 11.5 Å². The van der Waals surface area contributed by atoms with Gasteiger partial charge in [0.2, 0.25) is 11.7 Å². The van der Waals surface area contributed by atoms with Crippen molar-refractivity contribution < 1.29 is 33.3 Å². The number of amides is 3. The zero-order chi connectivity index (χ0) is 23.4. The van der Waals surface area contributed by atoms with Crippen LogP contribution in [0.5, 0.6) is 23.0 Å². The van der Waals surface area contributed by atoms with Gasteiger partial charge in [-0.1, -0.05) is 6.07 Å². The number of methoxy groups -OCH3 is 4. The van der Waals surface area contributed by atoms with Crippen LogP contribution in [0.3, 0.4) is 0 Å². The van der Waals surface area contributed by atoms with Crippen molar-refractivity contribution in [3.63, 3.8) is 0 Å². The minimum Gasteiger partial charge on any atom is -0.497 e. The second kappa shape index (κ2) is 9.56. The van der Waals surface area contributed by atoms with Gasteiger partial charge in [0.1, 0.15) is 11.8 Å². The van der Waals surface area contributed by atoms with Crippen LogP contribution in [0.15, 0.2) is 30.3 Å². The predicted molar refractivity (Wildman–Crippen MR) is 115 cm³/mol. The third-order valence-electron chi connectivity index (χ3n) is 5.09. The predicted octanol–water partition coefficient (Wildman–Crippen LogP) is 1.60. The summed E-state index contributed by atoms with van der Waals surface area (Å²) in [5.41, 5.74) is 6.53. The molecule has 0 spiro atoms. The summed E-state index contributed by atoms with van der Waals surface area (Å²) in [4.78, 5) is 39.2. The SMILES string of the molecule is COc1ccc(C)c(N2C(=O)CC(NNC(=O)c3cc(OC)c(OC)c(OC)c3)C2=O)c1. The fourth-order valence-corrected chi connectivity index (χ4v) is 3.39. The van der Waals surface area contributed by atoms with E-state index in [0.717, 1.165) is 10.5 Å². The molecule has 1 unspecified atom stereocenters. The smallest absolute Gasteiger partial charge is 0.265 e. The number of rotatable bonds is 8. The Morgan fingerprint density at radius 1 is 0.969 bits per heavy atom. The number of nitrogens with zero attached hydrogens (tertiary/aromatic N) is 1. The summed E-state index contributed by atoms with van der Waals surface area (Å²) >= 11 is 0. The molecule has 0 saturated carbocycles. The fourth-order valence-electron chi connectivity index (χ4n) is 3.39. The van der Waals surface area contributed by atoms with Crippen LogP contribution < -0.4 is 34.7 Å². The van der Waals surface area contributed by atoms with E-state index in [2.05, 4.69) is 10.9 Å². The van der Waals surface area contributed by atoms with Crippen LogP contribution in [0.1, 0.15) is 22.3 Å². The summed E-state index contributed by atoms with van der Waals surface area (Å²) in [6.45, 7) is 1.79. The number of hydrazine groups is 1. The molecule has 2 N–H and O–H groups in total. The van der Waals surface area contributed by atoms with Crippen molar-refractivity contribution >= 4 is 23.4 Å². The summed E-state index contributed by atoms with van der Waals surface area (Å²) in [5, 5.41) is 0. The van der Waals surface area contributed by atoms with Gasteiger partial charge in [0, 0.05) is 11.6 Å². The first-order valence-corrected chi connectivity index (χ1v) is 9.71. The first-order chi connectivity index (χ1) is 15.3. The Kier molecular flexibility index (Phi) is 6.84. The van der Waals surface area contributed by atoms with Crippen LogP contribution in [0.4, 0.5) is 5.69 Å². The number of aryl methyl sites for hydroxylation is 1. The van der Waals surface area contributed by atoms with Crippen molar-refractivity contribution in [2.75, 3.05) is 33.3 Å². The molecule has 2 aromatic carbocycles. The average molecular weight is 443 g/mol. The summed E-state index contributed by atoms with van der Waals surface area (Å²) in [6.07, 6.45) is -0.106. The van der Waals surface area contributed by atoms with E-state index in [0.29, 0.717) is 28.7 Å². The Morgan fingerprint density at radius 2 is 1.62 bits per heavy atom. The topological polar surface area (TPSA) is 115 Å². The zero-order valence-electron chi connectivity index (χ0n) is 18.5. The number of hydrogen-bond donors (Lipinski definition) is 2. The van der Waals surface area contributed by atoms with Crippen LogP contribution in [0, 0.1) is 6.92 Å². The second-order valence-corrected chi connectivity index (χ2v) is 6.99. The summed E-state index contributed by atoms with van der Waals surface area (Å²) in [5.74, 6) is 0.0919. The van der Waals surface area contributed by atoms with Crippen molar-refractivity contribution in [2.24, 2.45) is 0 Å². The van der Waals surface area contributed by atoms with Crippen molar-refractivity contribution in [2.45, 2.75) is 19.4 Å². The molecular formula is C22H25N3O7. The van der Waals surface area contributed by atoms with Crippen molar-refractivity contribution in [3.8, 4) is 23.0 Å². The molecule has 0 aromatic heterocycles. The summed E-state index contributed by atoms with van der Waals surface area (Å²) in [6, 6.07) is 7.18. The molecule has 0 radical (unpaired) electrons. The molecule has 1 aliphatic rings. The number of hydrogen-bond acceptors (Lipinski definition) is 8. The molecule has 1 fully saturated rings. The average Bonchev–Trinajstić information content (AvgIpc) is 3.09. The van der Waals surface area contributed by atoms with E-state index in [4.69, 9.17) is 18.9 Å². The van der Waals surface area contributed by atoms with E-state index in [-0.39, 0.29) is 17.9 Å². The van der Waals surface area contributed by atoms with Crippen molar-refractivity contribution in [1.29, 1.82) is 0 Å². The van der Waals surface area contributed by atoms with E-state index >= 15 is 0 Å². The zero-order valence-corrected chi connectivity index (χ0v) is 18.5. The van der Waals surface area contributed by atoms with Gasteiger partial charge in [-0.05, 0) is 30.7 Å². The summed E-state index contributed by atoms with van der Waals surface area (Å²) in [7, 11) is 5.84. The van der Waals surface area contributed by atoms with Crippen LogP contribution in [0.2, 0.25) is 0 Å². The maximum absolute atomic E-state index is 12.9. The molecular weight excluding hydrogens is 418 g/mol. The largest absolute Gasteiger partial charge is 0.497 e. The molecule has 10 heteroatoms. The number of imide groups is 1. The number of ether oxygens (including phenoxy) is 4. The number of benzene rings is 2. The maximum atomic E-state index is 12.9. The molecule has 0 aliphatic carbocycles. The highest BCUT2D eigenvalue weighted by atomic mass is 16.5. The third-order valence-corrected chi connectivity index (χ3v) is 5.09. The standard InChI is InChI=1S/C22H25N3O7/c1-12-6-7-14(29-2)10-16(12)25-19(26)11-15(22(25)28)23-24-21(27)13-8-17(30-3)20(32-5)18(9-13)31-4/h6-10,15,23H,11H2,1-5H3,(H,24,27). The van der Waals surface area contributed by atoms with Gasteiger partial charge in [-0.2, -0.15) is 0 Å². The molecule has 1 aliphatic heterocycles. The minimum atomic E-state index is -0.918. The van der Waals surface area contributed by atoms with Crippen molar-refractivity contribution in [1.82, 2.24) is 10.9 Å². The normalized spacial score (nSPS) is 15.5. The number of nitrogens with one attached hydrogen (secondary N) is 2. The lowest BCUT2D eigenvalue weighted by Crippen LogP contribution is -2.48. The van der Waals surface area contributed by atoms with Gasteiger partial charge < -0.3 is 18.9 Å². The lowest BCUT2D eigenvalue weighted by Gasteiger charge is -2.19. The first kappa shape index (κ1) is 22.9. The lowest BCUT2D eigenvalue weighted by atomic mass is 10.1. The molecule has 2 aromatic rings. The second-order valence-electron chi connectivity index (χ2n) is 6.99. The summed E-state index contributed by atoms with van der Waals surface area (Å²) < 4.78 is 20.9. The Labute approximate surface area is 185 Å². The number of carbonyl (C=O) groups excluding carboxylic acids is 3. The molecule has 32 heavy (non-hydrogen) atoms. The van der Waals surface area contributed by atoms with Crippen LogP contribution >= 0.6 is 0 Å². The third kappa shape index (κ3) is 4.30. The van der Waals surface area contributed by atoms with E-state index in [1.54, 1.807) is 25.1 Å². The van der Waals surface area contributed by atoms with E-state index < -0.39 is 17.9 Å². The highest BCUT2D eigenvalue weighted by Gasteiger charge is 2.40. The van der Waals surface area contributed by atoms with Gasteiger partial charge >= 0.3 is 0 Å². The molecule has 170 valence electrons. The molecule has 1 atom stereocenters. The highest BCUT2D eigenvalue weighted by molar-refractivity contribution is 6.22. The molecule has 3 amide bonds. The van der Waals surface area contributed by atoms with Crippen LogP contribution in [0.25, 0.3) is 0 Å². The van der Waals surface area contributed by atoms with Gasteiger partial charge in [-0.25, -0.2) is 10.3 Å². The van der Waals surface area contributed by atoms with Crippen LogP contribution in [-0.4, -0.2) is 52.2 Å². The van der Waals surface area contributed by atoms with Gasteiger partial charge in [-0.15, -0.1) is 0 Å². The Balaban J connectivity index is 1.75. The van der Waals surface area contributed by atoms with E-state index in [1.165, 1.54) is 40.6 Å². The van der Waals surface area contributed by atoms with Gasteiger partial charge in [0.05, 0.1) is 40.5 Å². The molecule has 10 nitrogen and oxygen atoms in total. The van der Waals surface area contributed by atoms with E-state index in [1.807, 2.05) is 0 Å². The van der Waals surface area contributed by atoms with Gasteiger partial charge in [0.25, 0.3) is 11.8 Å². The Bertz CT molecular complexity index is 1030. The fraction of sp³-hybridized carbons (Fsp3) is 0.318. The molecule has 1 saturated heterocycles. The lowest BCUT2D eigenvalue weighted by molar-refractivity contribution is -0.121. The quantitative estimate of drug-likeness (QED) is 0.467. The number of anilines is 1. The Hall–Kier alpha value is -3.79.